The number of Topliss-reactive ketones (excluding diaryl/α,β-unsaturated/α-hetero) is 1. The van der Waals surface area contributed by atoms with Crippen molar-refractivity contribution >= 4 is 17.4 Å². The lowest BCUT2D eigenvalue weighted by Gasteiger charge is -2.11. The third kappa shape index (κ3) is 3.40. The predicted octanol–water partition coefficient (Wildman–Crippen LogP) is 3.29. The number of carbonyl (C=O) groups is 1. The summed E-state index contributed by atoms with van der Waals surface area (Å²) >= 11 is 5.59. The van der Waals surface area contributed by atoms with E-state index in [1.54, 1.807) is 18.2 Å². The molecule has 0 aliphatic rings. The van der Waals surface area contributed by atoms with E-state index in [0.717, 1.165) is 5.56 Å². The van der Waals surface area contributed by atoms with Crippen molar-refractivity contribution < 1.29 is 9.18 Å². The van der Waals surface area contributed by atoms with Crippen molar-refractivity contribution in [1.29, 1.82) is 0 Å². The van der Waals surface area contributed by atoms with E-state index >= 15 is 0 Å². The summed E-state index contributed by atoms with van der Waals surface area (Å²) in [5.74, 6) is -0.687. The molecular weight excluding hydrogens is 265 g/mol. The highest BCUT2D eigenvalue weighted by molar-refractivity contribution is 6.30. The summed E-state index contributed by atoms with van der Waals surface area (Å²) in [7, 11) is 0. The molecule has 2 nitrogen and oxygen atoms in total. The summed E-state index contributed by atoms with van der Waals surface area (Å²) in [5.41, 5.74) is 7.20. The summed E-state index contributed by atoms with van der Waals surface area (Å²) in [4.78, 5) is 12.0. The van der Waals surface area contributed by atoms with Crippen LogP contribution >= 0.6 is 11.6 Å². The van der Waals surface area contributed by atoms with Gasteiger partial charge in [-0.3, -0.25) is 4.79 Å². The quantitative estimate of drug-likeness (QED) is 0.932. The third-order valence-electron chi connectivity index (χ3n) is 2.87. The Hall–Kier alpha value is -1.71. The zero-order valence-electron chi connectivity index (χ0n) is 10.1. The molecule has 98 valence electrons. The van der Waals surface area contributed by atoms with E-state index in [1.807, 2.05) is 18.2 Å². The number of nitrogens with two attached hydrogens (primary N) is 1. The van der Waals surface area contributed by atoms with E-state index in [1.165, 1.54) is 12.1 Å². The molecule has 19 heavy (non-hydrogen) atoms. The monoisotopic (exact) mass is 277 g/mol. The average Bonchev–Trinajstić information content (AvgIpc) is 2.43. The largest absolute Gasteiger partial charge is 0.318 e. The fourth-order valence-electron chi connectivity index (χ4n) is 1.81. The van der Waals surface area contributed by atoms with Crippen LogP contribution in [0, 0.1) is 5.82 Å². The van der Waals surface area contributed by atoms with Gasteiger partial charge in [0.25, 0.3) is 0 Å². The van der Waals surface area contributed by atoms with E-state index in [4.69, 9.17) is 17.3 Å². The Morgan fingerprint density at radius 1 is 1.21 bits per heavy atom. The van der Waals surface area contributed by atoms with Gasteiger partial charge in [0, 0.05) is 6.42 Å². The minimum Gasteiger partial charge on any atom is -0.318 e. The number of halogens is 2. The fourth-order valence-corrected chi connectivity index (χ4v) is 1.92. The highest BCUT2D eigenvalue weighted by Gasteiger charge is 2.16. The molecule has 0 heterocycles. The number of hydrogen-bond acceptors (Lipinski definition) is 2. The molecule has 0 aromatic heterocycles. The maximum Gasteiger partial charge on any atom is 0.158 e. The van der Waals surface area contributed by atoms with Crippen LogP contribution in [-0.2, 0) is 11.2 Å². The number of rotatable bonds is 4. The summed E-state index contributed by atoms with van der Waals surface area (Å²) in [6.07, 6.45) is 0.0875. The molecule has 0 spiro atoms. The van der Waals surface area contributed by atoms with Gasteiger partial charge in [-0.1, -0.05) is 48.0 Å². The molecule has 2 N–H and O–H groups in total. The Labute approximate surface area is 116 Å². The van der Waals surface area contributed by atoms with Gasteiger partial charge in [0.05, 0.1) is 11.1 Å². The lowest BCUT2D eigenvalue weighted by Crippen LogP contribution is -2.23. The van der Waals surface area contributed by atoms with E-state index in [0.29, 0.717) is 5.56 Å². The number of carbonyl (C=O) groups excluding carboxylic acids is 1. The zero-order chi connectivity index (χ0) is 13.8. The smallest absolute Gasteiger partial charge is 0.158 e. The van der Waals surface area contributed by atoms with Gasteiger partial charge >= 0.3 is 0 Å². The van der Waals surface area contributed by atoms with Gasteiger partial charge in [-0.2, -0.15) is 0 Å². The molecule has 0 aliphatic carbocycles. The molecule has 2 aromatic rings. The Kier molecular flexibility index (Phi) is 4.30. The lowest BCUT2D eigenvalue weighted by atomic mass is 9.98. The third-order valence-corrected chi connectivity index (χ3v) is 3.17. The molecule has 0 saturated heterocycles. The second-order valence-corrected chi connectivity index (χ2v) is 4.69. The molecular formula is C15H13ClFNO. The van der Waals surface area contributed by atoms with E-state index in [9.17, 15) is 9.18 Å². The molecule has 0 radical (unpaired) electrons. The van der Waals surface area contributed by atoms with E-state index in [2.05, 4.69) is 0 Å². The molecule has 0 unspecified atom stereocenters. The molecule has 0 bridgehead atoms. The Bertz CT molecular complexity index is 586. The molecule has 2 rings (SSSR count). The topological polar surface area (TPSA) is 43.1 Å². The Balaban J connectivity index is 2.10. The van der Waals surface area contributed by atoms with Crippen molar-refractivity contribution in [2.75, 3.05) is 0 Å². The van der Waals surface area contributed by atoms with E-state index < -0.39 is 11.9 Å². The van der Waals surface area contributed by atoms with E-state index in [-0.39, 0.29) is 17.2 Å². The number of hydrogen-bond donors (Lipinski definition) is 1. The molecule has 0 saturated carbocycles. The van der Waals surface area contributed by atoms with Gasteiger partial charge in [-0.15, -0.1) is 0 Å². The van der Waals surface area contributed by atoms with Crippen molar-refractivity contribution in [1.82, 2.24) is 0 Å². The minimum atomic E-state index is -0.695. The first-order valence-electron chi connectivity index (χ1n) is 5.85. The summed E-state index contributed by atoms with van der Waals surface area (Å²) in [6, 6.07) is 12.7. The van der Waals surface area contributed by atoms with Crippen LogP contribution in [0.1, 0.15) is 17.2 Å². The SMILES string of the molecule is N[C@@H](C(=O)Cc1ccc(Cl)c(F)c1)c1ccccc1. The van der Waals surface area contributed by atoms with Gasteiger partial charge in [-0.25, -0.2) is 4.39 Å². The van der Waals surface area contributed by atoms with Crippen LogP contribution in [0.5, 0.6) is 0 Å². The normalized spacial score (nSPS) is 12.2. The van der Waals surface area contributed by atoms with Crippen molar-refractivity contribution in [2.24, 2.45) is 5.73 Å². The fraction of sp³-hybridized carbons (Fsp3) is 0.133. The van der Waals surface area contributed by atoms with Crippen LogP contribution in [0.15, 0.2) is 48.5 Å². The number of ketones is 1. The van der Waals surface area contributed by atoms with Crippen LogP contribution in [0.4, 0.5) is 4.39 Å². The minimum absolute atomic E-state index is 0.0450. The summed E-state index contributed by atoms with van der Waals surface area (Å²) in [5, 5.41) is 0.0450. The average molecular weight is 278 g/mol. The summed E-state index contributed by atoms with van der Waals surface area (Å²) < 4.78 is 13.3. The van der Waals surface area contributed by atoms with Crippen molar-refractivity contribution in [3.05, 3.63) is 70.5 Å². The van der Waals surface area contributed by atoms with Crippen molar-refractivity contribution in [2.45, 2.75) is 12.5 Å². The Morgan fingerprint density at radius 3 is 2.53 bits per heavy atom. The Morgan fingerprint density at radius 2 is 1.89 bits per heavy atom. The molecule has 0 fully saturated rings. The molecule has 0 amide bonds. The molecule has 2 aromatic carbocycles. The first-order chi connectivity index (χ1) is 9.08. The maximum atomic E-state index is 13.3. The zero-order valence-corrected chi connectivity index (χ0v) is 10.9. The highest BCUT2D eigenvalue weighted by Crippen LogP contribution is 2.18. The molecule has 0 aliphatic heterocycles. The second kappa shape index (κ2) is 5.95. The van der Waals surface area contributed by atoms with Crippen molar-refractivity contribution in [3.8, 4) is 0 Å². The second-order valence-electron chi connectivity index (χ2n) is 4.28. The van der Waals surface area contributed by atoms with Crippen LogP contribution < -0.4 is 5.73 Å². The molecule has 4 heteroatoms. The molecule has 1 atom stereocenters. The number of benzene rings is 2. The first kappa shape index (κ1) is 13.7. The highest BCUT2D eigenvalue weighted by atomic mass is 35.5. The van der Waals surface area contributed by atoms with Gasteiger partial charge < -0.3 is 5.73 Å². The predicted molar refractivity (Wildman–Crippen MR) is 73.5 cm³/mol. The maximum absolute atomic E-state index is 13.3. The lowest BCUT2D eigenvalue weighted by molar-refractivity contribution is -0.119. The van der Waals surface area contributed by atoms with Crippen molar-refractivity contribution in [3.63, 3.8) is 0 Å². The van der Waals surface area contributed by atoms with Crippen LogP contribution in [-0.4, -0.2) is 5.78 Å². The van der Waals surface area contributed by atoms with Crippen LogP contribution in [0.2, 0.25) is 5.02 Å². The van der Waals surface area contributed by atoms with Gasteiger partial charge in [-0.05, 0) is 23.3 Å². The van der Waals surface area contributed by atoms with Gasteiger partial charge in [0.2, 0.25) is 0 Å². The van der Waals surface area contributed by atoms with Crippen LogP contribution in [0.25, 0.3) is 0 Å². The van der Waals surface area contributed by atoms with Gasteiger partial charge in [0.15, 0.2) is 5.78 Å². The standard InChI is InChI=1S/C15H13ClFNO/c16-12-7-6-10(8-13(12)17)9-14(19)15(18)11-4-2-1-3-5-11/h1-8,15H,9,18H2/t15-/m1/s1. The van der Waals surface area contributed by atoms with Gasteiger partial charge in [0.1, 0.15) is 5.82 Å². The van der Waals surface area contributed by atoms with Crippen LogP contribution in [0.3, 0.4) is 0 Å². The first-order valence-corrected chi connectivity index (χ1v) is 6.23. The summed E-state index contributed by atoms with van der Waals surface area (Å²) in [6.45, 7) is 0.